The number of carbonyl (C=O) groups excluding carboxylic acids is 1. The first-order valence-electron chi connectivity index (χ1n) is 12.3. The van der Waals surface area contributed by atoms with Crippen LogP contribution in [0.5, 0.6) is 5.75 Å². The van der Waals surface area contributed by atoms with Crippen molar-refractivity contribution in [3.05, 3.63) is 65.5 Å². The Kier molecular flexibility index (Phi) is 6.30. The normalized spacial score (nSPS) is 24.3. The number of amides is 2. The summed E-state index contributed by atoms with van der Waals surface area (Å²) < 4.78 is 20.1. The van der Waals surface area contributed by atoms with E-state index in [9.17, 15) is 9.18 Å². The van der Waals surface area contributed by atoms with Gasteiger partial charge < -0.3 is 14.5 Å². The molecule has 7 heteroatoms. The van der Waals surface area contributed by atoms with E-state index in [1.807, 2.05) is 37.4 Å². The van der Waals surface area contributed by atoms with E-state index in [0.717, 1.165) is 37.2 Å². The highest BCUT2D eigenvalue weighted by Gasteiger charge is 2.46. The van der Waals surface area contributed by atoms with E-state index in [1.54, 1.807) is 16.0 Å². The van der Waals surface area contributed by atoms with Gasteiger partial charge in [-0.05, 0) is 62.9 Å². The first-order chi connectivity index (χ1) is 16.4. The van der Waals surface area contributed by atoms with Crippen molar-refractivity contribution in [2.75, 3.05) is 33.3 Å². The number of hydrogen-bond acceptors (Lipinski definition) is 4. The third-order valence-corrected chi connectivity index (χ3v) is 7.32. The zero-order chi connectivity index (χ0) is 23.8. The van der Waals surface area contributed by atoms with Crippen LogP contribution < -0.4 is 4.74 Å². The summed E-state index contributed by atoms with van der Waals surface area (Å²) in [4.78, 5) is 18.1. The zero-order valence-electron chi connectivity index (χ0n) is 20.2. The van der Waals surface area contributed by atoms with Crippen LogP contribution in [-0.2, 0) is 0 Å². The largest absolute Gasteiger partial charge is 0.492 e. The number of ether oxygens (including phenoxy) is 1. The molecule has 5 rings (SSSR count). The van der Waals surface area contributed by atoms with Gasteiger partial charge in [0.2, 0.25) is 0 Å². The second kappa shape index (κ2) is 9.37. The van der Waals surface area contributed by atoms with Crippen LogP contribution in [-0.4, -0.2) is 65.9 Å². The lowest BCUT2D eigenvalue weighted by Crippen LogP contribution is -2.47. The minimum Gasteiger partial charge on any atom is -0.492 e. The molecule has 0 bridgehead atoms. The minimum atomic E-state index is -0.337. The molecular formula is C27H33FN4O2. The Morgan fingerprint density at radius 2 is 2.03 bits per heavy atom. The van der Waals surface area contributed by atoms with Crippen LogP contribution >= 0.6 is 0 Å². The molecule has 180 valence electrons. The predicted octanol–water partition coefficient (Wildman–Crippen LogP) is 4.77. The molecule has 0 radical (unpaired) electrons. The Labute approximate surface area is 201 Å². The second-order valence-electron chi connectivity index (χ2n) is 10.0. The lowest BCUT2D eigenvalue weighted by atomic mass is 9.86. The molecule has 3 atom stereocenters. The van der Waals surface area contributed by atoms with E-state index in [-0.39, 0.29) is 23.8 Å². The number of nitrogens with zero attached hydrogens (tertiary/aromatic N) is 4. The lowest BCUT2D eigenvalue weighted by molar-refractivity contribution is 0.102. The van der Waals surface area contributed by atoms with Crippen molar-refractivity contribution in [3.8, 4) is 5.75 Å². The van der Waals surface area contributed by atoms with Gasteiger partial charge in [0.1, 0.15) is 11.6 Å². The maximum Gasteiger partial charge on any atom is 0.340 e. The average Bonchev–Trinajstić information content (AvgIpc) is 3.24. The van der Waals surface area contributed by atoms with E-state index in [2.05, 4.69) is 18.7 Å². The summed E-state index contributed by atoms with van der Waals surface area (Å²) in [5.41, 5.74) is 2.36. The Hall–Kier alpha value is -2.93. The average molecular weight is 465 g/mol. The van der Waals surface area contributed by atoms with Crippen LogP contribution in [0.15, 0.2) is 53.6 Å². The van der Waals surface area contributed by atoms with Gasteiger partial charge in [-0.25, -0.2) is 14.2 Å². The molecule has 0 saturated carbocycles. The first kappa shape index (κ1) is 22.8. The standard InChI is InChI=1S/C27H33FN4O2/c1-18(2)31-13-7-8-19(16-31)15-30(3)27(33)32-26(20-9-5-4-6-10-20)23-17-34-24-12-11-21(28)14-22(24)25(23)29-32/h4-6,9-12,14,18-19,23,26H,7-8,13,15-17H2,1-3H3/t19-,23?,26?/m0/s1. The van der Waals surface area contributed by atoms with Gasteiger partial charge in [0.05, 0.1) is 24.3 Å². The fourth-order valence-electron chi connectivity index (χ4n) is 5.54. The van der Waals surface area contributed by atoms with Crippen molar-refractivity contribution in [2.45, 2.75) is 38.8 Å². The van der Waals surface area contributed by atoms with E-state index < -0.39 is 0 Å². The van der Waals surface area contributed by atoms with Crippen LogP contribution in [0, 0.1) is 17.7 Å². The summed E-state index contributed by atoms with van der Waals surface area (Å²) in [6.07, 6.45) is 2.28. The van der Waals surface area contributed by atoms with Crippen LogP contribution in [0.25, 0.3) is 0 Å². The van der Waals surface area contributed by atoms with Crippen LogP contribution in [0.3, 0.4) is 0 Å². The molecule has 2 aromatic carbocycles. The van der Waals surface area contributed by atoms with Crippen molar-refractivity contribution in [3.63, 3.8) is 0 Å². The number of halogens is 1. The maximum absolute atomic E-state index is 14.1. The number of hydrazone groups is 1. The molecule has 0 spiro atoms. The summed E-state index contributed by atoms with van der Waals surface area (Å²) in [7, 11) is 1.87. The molecule has 0 aromatic heterocycles. The number of piperidine rings is 1. The Balaban J connectivity index is 1.42. The van der Waals surface area contributed by atoms with Crippen molar-refractivity contribution in [2.24, 2.45) is 16.9 Å². The molecule has 1 saturated heterocycles. The summed E-state index contributed by atoms with van der Waals surface area (Å²) in [6.45, 7) is 7.68. The molecular weight excluding hydrogens is 431 g/mol. The van der Waals surface area contributed by atoms with Crippen LogP contribution in [0.1, 0.15) is 43.9 Å². The molecule has 3 aliphatic heterocycles. The number of hydrogen-bond donors (Lipinski definition) is 0. The fraction of sp³-hybridized carbons (Fsp3) is 0.481. The molecule has 6 nitrogen and oxygen atoms in total. The minimum absolute atomic E-state index is 0.129. The molecule has 3 heterocycles. The number of fused-ring (bicyclic) bond motifs is 3. The summed E-state index contributed by atoms with van der Waals surface area (Å²) in [5.74, 6) is 0.564. The van der Waals surface area contributed by atoms with Crippen molar-refractivity contribution in [1.82, 2.24) is 14.8 Å². The summed E-state index contributed by atoms with van der Waals surface area (Å²) in [6, 6.07) is 14.5. The van der Waals surface area contributed by atoms with Crippen molar-refractivity contribution in [1.29, 1.82) is 0 Å². The Morgan fingerprint density at radius 1 is 1.24 bits per heavy atom. The van der Waals surface area contributed by atoms with Gasteiger partial charge in [0, 0.05) is 31.7 Å². The van der Waals surface area contributed by atoms with Gasteiger partial charge in [-0.2, -0.15) is 5.10 Å². The number of likely N-dealkylation sites (tertiary alicyclic amines) is 1. The Morgan fingerprint density at radius 3 is 2.79 bits per heavy atom. The first-order valence-corrected chi connectivity index (χ1v) is 12.3. The molecule has 1 fully saturated rings. The highest BCUT2D eigenvalue weighted by molar-refractivity contribution is 6.07. The summed E-state index contributed by atoms with van der Waals surface area (Å²) >= 11 is 0. The number of benzene rings is 2. The molecule has 2 aromatic rings. The molecule has 0 N–H and O–H groups in total. The van der Waals surface area contributed by atoms with Gasteiger partial charge in [-0.3, -0.25) is 0 Å². The number of carbonyl (C=O) groups is 1. The van der Waals surface area contributed by atoms with Crippen LogP contribution in [0.2, 0.25) is 0 Å². The molecule has 34 heavy (non-hydrogen) atoms. The van der Waals surface area contributed by atoms with Gasteiger partial charge >= 0.3 is 6.03 Å². The maximum atomic E-state index is 14.1. The predicted molar refractivity (Wildman–Crippen MR) is 130 cm³/mol. The number of urea groups is 1. The fourth-order valence-corrected chi connectivity index (χ4v) is 5.54. The lowest BCUT2D eigenvalue weighted by Gasteiger charge is -2.38. The SMILES string of the molecule is CC(C)N1CCC[C@@H](CN(C)C(=O)N2N=C3c4cc(F)ccc4OCC3C2c2ccccc2)C1. The van der Waals surface area contributed by atoms with Gasteiger partial charge in [-0.15, -0.1) is 0 Å². The zero-order valence-corrected chi connectivity index (χ0v) is 20.2. The van der Waals surface area contributed by atoms with Crippen LogP contribution in [0.4, 0.5) is 9.18 Å². The highest BCUT2D eigenvalue weighted by Crippen LogP contribution is 2.43. The monoisotopic (exact) mass is 464 g/mol. The third-order valence-electron chi connectivity index (χ3n) is 7.32. The quantitative estimate of drug-likeness (QED) is 0.655. The topological polar surface area (TPSA) is 48.4 Å². The van der Waals surface area contributed by atoms with Crippen molar-refractivity contribution >= 4 is 11.7 Å². The number of rotatable bonds is 4. The van der Waals surface area contributed by atoms with E-state index >= 15 is 0 Å². The van der Waals surface area contributed by atoms with Gasteiger partial charge in [0.15, 0.2) is 0 Å². The van der Waals surface area contributed by atoms with E-state index in [0.29, 0.717) is 36.4 Å². The molecule has 0 aliphatic carbocycles. The second-order valence-corrected chi connectivity index (χ2v) is 10.0. The molecule has 2 amide bonds. The van der Waals surface area contributed by atoms with E-state index in [1.165, 1.54) is 12.1 Å². The smallest absolute Gasteiger partial charge is 0.340 e. The summed E-state index contributed by atoms with van der Waals surface area (Å²) in [5, 5.41) is 6.41. The van der Waals surface area contributed by atoms with Gasteiger partial charge in [0.25, 0.3) is 0 Å². The van der Waals surface area contributed by atoms with Crippen molar-refractivity contribution < 1.29 is 13.9 Å². The third kappa shape index (κ3) is 4.29. The molecule has 2 unspecified atom stereocenters. The van der Waals surface area contributed by atoms with E-state index in [4.69, 9.17) is 9.84 Å². The van der Waals surface area contributed by atoms with Gasteiger partial charge in [-0.1, -0.05) is 30.3 Å². The Bertz CT molecular complexity index is 1070. The highest BCUT2D eigenvalue weighted by atomic mass is 19.1. The molecule has 3 aliphatic rings.